The van der Waals surface area contributed by atoms with Crippen LogP contribution in [0.3, 0.4) is 0 Å². The van der Waals surface area contributed by atoms with Gasteiger partial charge in [0.05, 0.1) is 6.10 Å². The maximum atomic E-state index is 12.0. The minimum absolute atomic E-state index is 0.0811. The van der Waals surface area contributed by atoms with E-state index in [4.69, 9.17) is 5.11 Å². The van der Waals surface area contributed by atoms with Crippen molar-refractivity contribution in [2.45, 2.75) is 45.8 Å². The van der Waals surface area contributed by atoms with Crippen LogP contribution in [0.2, 0.25) is 0 Å². The van der Waals surface area contributed by atoms with Crippen LogP contribution in [0.5, 0.6) is 0 Å². The molecule has 1 saturated heterocycles. The van der Waals surface area contributed by atoms with Crippen LogP contribution >= 0.6 is 0 Å². The van der Waals surface area contributed by atoms with Crippen molar-refractivity contribution in [2.75, 3.05) is 13.1 Å². The highest BCUT2D eigenvalue weighted by atomic mass is 16.4. The van der Waals surface area contributed by atoms with E-state index in [2.05, 4.69) is 5.32 Å². The summed E-state index contributed by atoms with van der Waals surface area (Å²) < 4.78 is 0. The second kappa shape index (κ2) is 6.75. The van der Waals surface area contributed by atoms with Crippen LogP contribution in [0, 0.1) is 11.8 Å². The average molecular weight is 272 g/mol. The number of carboxylic acids is 1. The summed E-state index contributed by atoms with van der Waals surface area (Å²) in [7, 11) is 0. The number of aliphatic hydroxyl groups excluding tert-OH is 1. The van der Waals surface area contributed by atoms with Gasteiger partial charge in [-0.25, -0.2) is 9.59 Å². The van der Waals surface area contributed by atoms with Crippen molar-refractivity contribution in [3.63, 3.8) is 0 Å². The lowest BCUT2D eigenvalue weighted by Crippen LogP contribution is -2.50. The topological polar surface area (TPSA) is 89.9 Å². The fraction of sp³-hybridized carbons (Fsp3) is 0.846. The Labute approximate surface area is 113 Å². The number of carbonyl (C=O) groups is 2. The second-order valence-corrected chi connectivity index (χ2v) is 5.39. The van der Waals surface area contributed by atoms with Crippen molar-refractivity contribution in [3.8, 4) is 0 Å². The highest BCUT2D eigenvalue weighted by molar-refractivity contribution is 5.82. The summed E-state index contributed by atoms with van der Waals surface area (Å²) in [5, 5.41) is 21.2. The molecule has 0 spiro atoms. The fourth-order valence-corrected chi connectivity index (χ4v) is 2.27. The van der Waals surface area contributed by atoms with Crippen molar-refractivity contribution in [1.82, 2.24) is 10.2 Å². The first-order chi connectivity index (χ1) is 8.86. The molecule has 0 radical (unpaired) electrons. The number of amides is 2. The number of likely N-dealkylation sites (tertiary alicyclic amines) is 1. The van der Waals surface area contributed by atoms with Gasteiger partial charge in [-0.2, -0.15) is 0 Å². The third kappa shape index (κ3) is 4.09. The monoisotopic (exact) mass is 272 g/mol. The standard InChI is InChI=1S/C13H24N2O4/c1-4-8(2)11(12(17)18)14-13(19)15-6-5-10(7-15)9(3)16/h8-11,16H,4-7H2,1-3H3,(H,14,19)(H,17,18). The molecule has 0 aromatic rings. The van der Waals surface area contributed by atoms with Crippen LogP contribution in [0.4, 0.5) is 4.79 Å². The third-order valence-corrected chi connectivity index (χ3v) is 3.95. The molecule has 19 heavy (non-hydrogen) atoms. The number of carbonyl (C=O) groups excluding carboxylic acids is 1. The lowest BCUT2D eigenvalue weighted by Gasteiger charge is -2.24. The molecule has 1 aliphatic heterocycles. The van der Waals surface area contributed by atoms with Crippen molar-refractivity contribution >= 4 is 12.0 Å². The lowest BCUT2D eigenvalue weighted by atomic mass is 9.99. The molecule has 4 unspecified atom stereocenters. The first-order valence-corrected chi connectivity index (χ1v) is 6.83. The van der Waals surface area contributed by atoms with Crippen LogP contribution in [-0.4, -0.2) is 52.3 Å². The molecule has 4 atom stereocenters. The Bertz CT molecular complexity index is 333. The molecule has 0 bridgehead atoms. The second-order valence-electron chi connectivity index (χ2n) is 5.39. The minimum atomic E-state index is -1.01. The number of aliphatic carboxylic acids is 1. The van der Waals surface area contributed by atoms with Crippen LogP contribution < -0.4 is 5.32 Å². The molecule has 0 aliphatic carbocycles. The van der Waals surface area contributed by atoms with Crippen LogP contribution in [-0.2, 0) is 4.79 Å². The molecule has 0 saturated carbocycles. The van der Waals surface area contributed by atoms with Gasteiger partial charge in [-0.15, -0.1) is 0 Å². The van der Waals surface area contributed by atoms with Gasteiger partial charge in [0.15, 0.2) is 0 Å². The summed E-state index contributed by atoms with van der Waals surface area (Å²) in [6.07, 6.45) is 1.00. The Morgan fingerprint density at radius 1 is 1.42 bits per heavy atom. The Morgan fingerprint density at radius 3 is 2.47 bits per heavy atom. The number of aliphatic hydroxyl groups is 1. The Hall–Kier alpha value is -1.30. The molecule has 6 nitrogen and oxygen atoms in total. The zero-order valence-electron chi connectivity index (χ0n) is 11.8. The van der Waals surface area contributed by atoms with Gasteiger partial charge in [0.2, 0.25) is 0 Å². The smallest absolute Gasteiger partial charge is 0.326 e. The zero-order chi connectivity index (χ0) is 14.6. The summed E-state index contributed by atoms with van der Waals surface area (Å²) >= 11 is 0. The zero-order valence-corrected chi connectivity index (χ0v) is 11.8. The van der Waals surface area contributed by atoms with Crippen LogP contribution in [0.1, 0.15) is 33.6 Å². The van der Waals surface area contributed by atoms with E-state index in [9.17, 15) is 14.7 Å². The number of hydrogen-bond donors (Lipinski definition) is 3. The molecule has 1 rings (SSSR count). The molecule has 0 aromatic carbocycles. The molecular weight excluding hydrogens is 248 g/mol. The van der Waals surface area contributed by atoms with Gasteiger partial charge in [0.1, 0.15) is 6.04 Å². The predicted octanol–water partition coefficient (Wildman–Crippen LogP) is 0.898. The van der Waals surface area contributed by atoms with Gasteiger partial charge in [-0.1, -0.05) is 20.3 Å². The van der Waals surface area contributed by atoms with E-state index in [1.165, 1.54) is 0 Å². The number of carboxylic acid groups (broad SMARTS) is 1. The molecule has 110 valence electrons. The Morgan fingerprint density at radius 2 is 2.05 bits per heavy atom. The van der Waals surface area contributed by atoms with Gasteiger partial charge >= 0.3 is 12.0 Å². The summed E-state index contributed by atoms with van der Waals surface area (Å²) in [4.78, 5) is 24.7. The third-order valence-electron chi connectivity index (χ3n) is 3.95. The van der Waals surface area contributed by atoms with E-state index in [0.717, 1.165) is 6.42 Å². The van der Waals surface area contributed by atoms with Gasteiger partial charge < -0.3 is 20.4 Å². The van der Waals surface area contributed by atoms with Crippen molar-refractivity contribution < 1.29 is 19.8 Å². The predicted molar refractivity (Wildman–Crippen MR) is 70.8 cm³/mol. The number of nitrogens with zero attached hydrogens (tertiary/aromatic N) is 1. The highest BCUT2D eigenvalue weighted by Crippen LogP contribution is 2.20. The van der Waals surface area contributed by atoms with Crippen molar-refractivity contribution in [1.29, 1.82) is 0 Å². The number of nitrogens with one attached hydrogen (secondary N) is 1. The lowest BCUT2D eigenvalue weighted by molar-refractivity contribution is -0.140. The quantitative estimate of drug-likeness (QED) is 0.693. The van der Waals surface area contributed by atoms with Gasteiger partial charge in [-0.3, -0.25) is 0 Å². The first-order valence-electron chi connectivity index (χ1n) is 6.83. The summed E-state index contributed by atoms with van der Waals surface area (Å²) in [5.74, 6) is -1.04. The van der Waals surface area contributed by atoms with Gasteiger partial charge in [-0.05, 0) is 19.3 Å². The van der Waals surface area contributed by atoms with E-state index in [1.54, 1.807) is 11.8 Å². The summed E-state index contributed by atoms with van der Waals surface area (Å²) in [6, 6.07) is -1.21. The van der Waals surface area contributed by atoms with E-state index in [-0.39, 0.29) is 17.9 Å². The molecule has 1 fully saturated rings. The van der Waals surface area contributed by atoms with E-state index in [0.29, 0.717) is 19.5 Å². The largest absolute Gasteiger partial charge is 0.480 e. The number of hydrogen-bond acceptors (Lipinski definition) is 3. The SMILES string of the molecule is CCC(C)C(NC(=O)N1CCC(C(C)O)C1)C(=O)O. The van der Waals surface area contributed by atoms with E-state index in [1.807, 2.05) is 13.8 Å². The average Bonchev–Trinajstić information content (AvgIpc) is 2.84. The van der Waals surface area contributed by atoms with E-state index >= 15 is 0 Å². The van der Waals surface area contributed by atoms with E-state index < -0.39 is 18.1 Å². The fourth-order valence-electron chi connectivity index (χ4n) is 2.27. The first kappa shape index (κ1) is 15.8. The molecule has 3 N–H and O–H groups in total. The number of urea groups is 1. The summed E-state index contributed by atoms with van der Waals surface area (Å²) in [6.45, 7) is 6.46. The Kier molecular flexibility index (Phi) is 5.60. The Balaban J connectivity index is 2.56. The highest BCUT2D eigenvalue weighted by Gasteiger charge is 2.32. The molecule has 0 aromatic heterocycles. The molecule has 6 heteroatoms. The molecule has 2 amide bonds. The molecule has 1 aliphatic rings. The van der Waals surface area contributed by atoms with Gasteiger partial charge in [0, 0.05) is 19.0 Å². The number of rotatable bonds is 5. The van der Waals surface area contributed by atoms with Crippen LogP contribution in [0.15, 0.2) is 0 Å². The molecular formula is C13H24N2O4. The normalized spacial score (nSPS) is 23.8. The minimum Gasteiger partial charge on any atom is -0.480 e. The van der Waals surface area contributed by atoms with Gasteiger partial charge in [0.25, 0.3) is 0 Å². The molecule has 1 heterocycles. The maximum Gasteiger partial charge on any atom is 0.326 e. The van der Waals surface area contributed by atoms with Crippen molar-refractivity contribution in [3.05, 3.63) is 0 Å². The van der Waals surface area contributed by atoms with Crippen LogP contribution in [0.25, 0.3) is 0 Å². The summed E-state index contributed by atoms with van der Waals surface area (Å²) in [5.41, 5.74) is 0. The maximum absolute atomic E-state index is 12.0. The van der Waals surface area contributed by atoms with Crippen molar-refractivity contribution in [2.24, 2.45) is 11.8 Å².